The molecule has 0 aromatic heterocycles. The molecule has 0 saturated carbocycles. The first kappa shape index (κ1) is 99.5. The molecule has 0 heterocycles. The number of hydrogen-bond acceptors (Lipinski definition) is 15. The third-order valence-corrected chi connectivity index (χ3v) is 18.8. The number of allylic oxidation sites excluding steroid dienone is 20. The highest BCUT2D eigenvalue weighted by molar-refractivity contribution is 7.47. The average molecular weight is 1500 g/mol. The van der Waals surface area contributed by atoms with Gasteiger partial charge in [-0.1, -0.05) is 303 Å². The van der Waals surface area contributed by atoms with Crippen LogP contribution in [0, 0.1) is 0 Å². The summed E-state index contributed by atoms with van der Waals surface area (Å²) in [5, 5.41) is 10.6. The van der Waals surface area contributed by atoms with Crippen LogP contribution < -0.4 is 0 Å². The van der Waals surface area contributed by atoms with E-state index in [9.17, 15) is 43.2 Å². The molecule has 3 N–H and O–H groups in total. The van der Waals surface area contributed by atoms with Crippen molar-refractivity contribution in [3.8, 4) is 0 Å². The van der Waals surface area contributed by atoms with Gasteiger partial charge in [-0.05, 0) is 128 Å². The van der Waals surface area contributed by atoms with Crippen molar-refractivity contribution >= 4 is 39.5 Å². The number of carbonyl (C=O) groups excluding carboxylic acids is 4. The zero-order valence-electron chi connectivity index (χ0n) is 65.4. The first-order valence-electron chi connectivity index (χ1n) is 40.8. The molecule has 0 aliphatic rings. The standard InChI is InChI=1S/C85H146O17P2/c1-5-9-13-17-21-25-29-33-36-38-39-41-43-47-50-54-58-62-66-70-83(88)96-76-81(102-85(90)72-68-64-60-56-52-48-44-40-37-34-30-26-22-18-14-10-6-2)78-100-104(93,94)98-74-79(86)73-97-103(91,92)99-77-80(101-84(89)71-67-63-59-55-51-45-32-28-24-20-16-12-8-4)75-95-82(87)69-65-61-57-53-49-46-42-35-31-27-23-19-15-11-7-3/h9-10,13-14,21-22,25-26,28,32-34,36-37,39,41,44,48,56,60,79-81,86H,5-8,11-12,15-20,23-24,27,29-31,35,38,40,42-43,45-47,49-55,57-59,61-78H2,1-4H3,(H,91,92)(H,93,94)/b13-9-,14-10-,25-21-,26-22-,32-28-,36-33-,37-34-,41-39-,48-44-,60-56-. The fourth-order valence-corrected chi connectivity index (χ4v) is 12.4. The maximum atomic E-state index is 13.1. The molecule has 598 valence electrons. The molecule has 0 saturated heterocycles. The minimum Gasteiger partial charge on any atom is -0.462 e. The lowest BCUT2D eigenvalue weighted by atomic mass is 10.0. The Kier molecular flexibility index (Phi) is 73.3. The number of phosphoric ester groups is 2. The van der Waals surface area contributed by atoms with Crippen LogP contribution in [0.3, 0.4) is 0 Å². The Bertz CT molecular complexity index is 2440. The van der Waals surface area contributed by atoms with E-state index in [4.69, 9.17) is 37.0 Å². The molecule has 0 fully saturated rings. The lowest BCUT2D eigenvalue weighted by Crippen LogP contribution is -2.30. The average Bonchev–Trinajstić information content (AvgIpc) is 0.917. The van der Waals surface area contributed by atoms with Gasteiger partial charge in [0.2, 0.25) is 0 Å². The van der Waals surface area contributed by atoms with E-state index in [2.05, 4.69) is 137 Å². The Morgan fingerprint density at radius 2 is 0.510 bits per heavy atom. The summed E-state index contributed by atoms with van der Waals surface area (Å²) in [7, 11) is -9.98. The smallest absolute Gasteiger partial charge is 0.462 e. The van der Waals surface area contributed by atoms with Gasteiger partial charge in [-0.15, -0.1) is 0 Å². The molecule has 0 aliphatic carbocycles. The van der Waals surface area contributed by atoms with Crippen LogP contribution >= 0.6 is 15.6 Å². The Balaban J connectivity index is 5.41. The number of carbonyl (C=O) groups is 4. The van der Waals surface area contributed by atoms with Crippen LogP contribution in [0.25, 0.3) is 0 Å². The number of esters is 4. The van der Waals surface area contributed by atoms with Gasteiger partial charge in [-0.2, -0.15) is 0 Å². The number of hydrogen-bond donors (Lipinski definition) is 3. The summed E-state index contributed by atoms with van der Waals surface area (Å²) < 4.78 is 68.6. The van der Waals surface area contributed by atoms with E-state index in [0.29, 0.717) is 32.1 Å². The third-order valence-electron chi connectivity index (χ3n) is 16.9. The van der Waals surface area contributed by atoms with E-state index >= 15 is 0 Å². The minimum absolute atomic E-state index is 0.0110. The van der Waals surface area contributed by atoms with Crippen LogP contribution in [0.4, 0.5) is 0 Å². The van der Waals surface area contributed by atoms with Crippen molar-refractivity contribution in [2.24, 2.45) is 0 Å². The molecular formula is C85H146O17P2. The number of phosphoric acid groups is 2. The van der Waals surface area contributed by atoms with Gasteiger partial charge in [0.15, 0.2) is 12.2 Å². The summed E-state index contributed by atoms with van der Waals surface area (Å²) in [6, 6.07) is 0. The second-order valence-corrected chi connectivity index (χ2v) is 29.9. The molecular weight excluding hydrogens is 1350 g/mol. The molecule has 104 heavy (non-hydrogen) atoms. The van der Waals surface area contributed by atoms with E-state index in [-0.39, 0.29) is 25.7 Å². The summed E-state index contributed by atoms with van der Waals surface area (Å²) in [6.07, 6.45) is 84.6. The van der Waals surface area contributed by atoms with Crippen molar-refractivity contribution in [2.45, 2.75) is 354 Å². The Morgan fingerprint density at radius 3 is 0.827 bits per heavy atom. The quantitative estimate of drug-likeness (QED) is 0.0169. The van der Waals surface area contributed by atoms with Gasteiger partial charge in [0, 0.05) is 25.7 Å². The fourth-order valence-electron chi connectivity index (χ4n) is 10.8. The summed E-state index contributed by atoms with van der Waals surface area (Å²) in [5.74, 6) is -2.25. The molecule has 0 spiro atoms. The molecule has 0 amide bonds. The van der Waals surface area contributed by atoms with E-state index in [1.54, 1.807) is 0 Å². The molecule has 5 unspecified atom stereocenters. The Morgan fingerprint density at radius 1 is 0.279 bits per heavy atom. The molecule has 17 nitrogen and oxygen atoms in total. The van der Waals surface area contributed by atoms with Gasteiger partial charge in [0.05, 0.1) is 26.4 Å². The Hall–Kier alpha value is -4.54. The van der Waals surface area contributed by atoms with Crippen LogP contribution in [0.1, 0.15) is 336 Å². The molecule has 0 aromatic rings. The van der Waals surface area contributed by atoms with Crippen molar-refractivity contribution < 1.29 is 80.2 Å². The van der Waals surface area contributed by atoms with Gasteiger partial charge in [-0.3, -0.25) is 37.3 Å². The first-order chi connectivity index (χ1) is 50.7. The topological polar surface area (TPSA) is 237 Å². The number of rotatable bonds is 76. The zero-order valence-corrected chi connectivity index (χ0v) is 67.2. The highest BCUT2D eigenvalue weighted by Crippen LogP contribution is 2.45. The van der Waals surface area contributed by atoms with Crippen molar-refractivity contribution in [1.82, 2.24) is 0 Å². The number of ether oxygens (including phenoxy) is 4. The number of unbranched alkanes of at least 4 members (excludes halogenated alkanes) is 30. The third kappa shape index (κ3) is 75.7. The summed E-state index contributed by atoms with van der Waals surface area (Å²) in [6.45, 7) is 4.58. The van der Waals surface area contributed by atoms with Crippen LogP contribution in [0.15, 0.2) is 122 Å². The zero-order chi connectivity index (χ0) is 76.0. The molecule has 0 rings (SSSR count). The van der Waals surface area contributed by atoms with Crippen molar-refractivity contribution in [2.75, 3.05) is 39.6 Å². The fraction of sp³-hybridized carbons (Fsp3) is 0.718. The molecule has 0 aliphatic heterocycles. The maximum absolute atomic E-state index is 13.1. The minimum atomic E-state index is -5.00. The van der Waals surface area contributed by atoms with Crippen molar-refractivity contribution in [3.05, 3.63) is 122 Å². The summed E-state index contributed by atoms with van der Waals surface area (Å²) in [5.41, 5.74) is 0. The molecule has 0 aromatic carbocycles. The SMILES string of the molecule is CC/C=C\C/C=C\C/C=C\C/C=C\C/C=C\CCCC(=O)OC(COC(=O)CCCCCCCC/C=C\C/C=C\C/C=C\C/C=C\CC)COP(=O)(O)OCC(O)COP(=O)(O)OCC(COC(=O)CCCCCCCCCCCCCCCCC)OC(=O)CCCCCCC/C=C\CCCCCC. The highest BCUT2D eigenvalue weighted by atomic mass is 31.2. The highest BCUT2D eigenvalue weighted by Gasteiger charge is 2.30. The maximum Gasteiger partial charge on any atom is 0.472 e. The summed E-state index contributed by atoms with van der Waals surface area (Å²) in [4.78, 5) is 73.0. The second-order valence-electron chi connectivity index (χ2n) is 27.0. The van der Waals surface area contributed by atoms with Crippen LogP contribution in [0.2, 0.25) is 0 Å². The van der Waals surface area contributed by atoms with Crippen molar-refractivity contribution in [3.63, 3.8) is 0 Å². The predicted octanol–water partition coefficient (Wildman–Crippen LogP) is 23.9. The van der Waals surface area contributed by atoms with E-state index < -0.39 is 97.5 Å². The lowest BCUT2D eigenvalue weighted by molar-refractivity contribution is -0.161. The van der Waals surface area contributed by atoms with Gasteiger partial charge in [0.1, 0.15) is 19.3 Å². The molecule has 0 radical (unpaired) electrons. The Labute approximate surface area is 632 Å². The van der Waals surface area contributed by atoms with Crippen LogP contribution in [-0.2, 0) is 65.4 Å². The van der Waals surface area contributed by atoms with E-state index in [1.807, 2.05) is 12.2 Å². The predicted molar refractivity (Wildman–Crippen MR) is 427 cm³/mol. The van der Waals surface area contributed by atoms with Gasteiger partial charge < -0.3 is 33.8 Å². The molecule has 19 heteroatoms. The van der Waals surface area contributed by atoms with Crippen LogP contribution in [0.5, 0.6) is 0 Å². The van der Waals surface area contributed by atoms with Crippen LogP contribution in [-0.4, -0.2) is 96.7 Å². The monoisotopic (exact) mass is 1500 g/mol. The number of aliphatic hydroxyl groups is 1. The van der Waals surface area contributed by atoms with Crippen molar-refractivity contribution in [1.29, 1.82) is 0 Å². The first-order valence-corrected chi connectivity index (χ1v) is 43.8. The lowest BCUT2D eigenvalue weighted by Gasteiger charge is -2.21. The van der Waals surface area contributed by atoms with E-state index in [0.717, 1.165) is 154 Å². The van der Waals surface area contributed by atoms with Gasteiger partial charge in [-0.25, -0.2) is 9.13 Å². The molecule has 0 bridgehead atoms. The molecule has 5 atom stereocenters. The normalized spacial score (nSPS) is 14.5. The largest absolute Gasteiger partial charge is 0.472 e. The second kappa shape index (κ2) is 76.6. The van der Waals surface area contributed by atoms with Gasteiger partial charge >= 0.3 is 39.5 Å². The number of aliphatic hydroxyl groups excluding tert-OH is 1. The van der Waals surface area contributed by atoms with E-state index in [1.165, 1.54) is 96.3 Å². The summed E-state index contributed by atoms with van der Waals surface area (Å²) >= 11 is 0. The van der Waals surface area contributed by atoms with Gasteiger partial charge in [0.25, 0.3) is 0 Å².